The number of hydrogen-bond donors (Lipinski definition) is 2. The summed E-state index contributed by atoms with van der Waals surface area (Å²) in [5.41, 5.74) is 9.52. The minimum absolute atomic E-state index is 0.136. The Bertz CT molecular complexity index is 1330. The third-order valence-electron chi connectivity index (χ3n) is 5.58. The van der Waals surface area contributed by atoms with Crippen LogP contribution in [-0.2, 0) is 4.79 Å². The maximum absolute atomic E-state index is 13.0. The van der Waals surface area contributed by atoms with Crippen LogP contribution in [0.1, 0.15) is 34.1 Å². The lowest BCUT2D eigenvalue weighted by molar-refractivity contribution is -0.116. The van der Waals surface area contributed by atoms with Gasteiger partial charge in [-0.2, -0.15) is 0 Å². The van der Waals surface area contributed by atoms with E-state index in [2.05, 4.69) is 10.3 Å². The maximum Gasteiger partial charge on any atom is 0.253 e. The largest absolute Gasteiger partial charge is 0.366 e. The molecule has 8 nitrogen and oxygen atoms in total. The first-order valence-corrected chi connectivity index (χ1v) is 11.0. The van der Waals surface area contributed by atoms with Crippen molar-refractivity contribution in [2.75, 3.05) is 18.4 Å². The molecule has 0 saturated carbocycles. The molecule has 3 amide bonds. The van der Waals surface area contributed by atoms with Gasteiger partial charge >= 0.3 is 0 Å². The highest BCUT2D eigenvalue weighted by Gasteiger charge is 2.16. The summed E-state index contributed by atoms with van der Waals surface area (Å²) >= 11 is 0. The molecule has 0 saturated heterocycles. The van der Waals surface area contributed by atoms with Gasteiger partial charge in [-0.05, 0) is 67.6 Å². The summed E-state index contributed by atoms with van der Waals surface area (Å²) in [5.74, 6) is -0.884. The van der Waals surface area contributed by atoms with E-state index in [1.165, 1.54) is 0 Å². The van der Waals surface area contributed by atoms with Crippen molar-refractivity contribution in [3.05, 3.63) is 90.3 Å². The van der Waals surface area contributed by atoms with Crippen LogP contribution in [0.5, 0.6) is 0 Å². The van der Waals surface area contributed by atoms with Crippen LogP contribution in [0, 0.1) is 0 Å². The predicted molar refractivity (Wildman–Crippen MR) is 131 cm³/mol. The third kappa shape index (κ3) is 4.96. The minimum Gasteiger partial charge on any atom is -0.366 e. The van der Waals surface area contributed by atoms with Gasteiger partial charge in [0.1, 0.15) is 6.33 Å². The van der Waals surface area contributed by atoms with Crippen LogP contribution in [0.25, 0.3) is 16.7 Å². The zero-order chi connectivity index (χ0) is 24.1. The van der Waals surface area contributed by atoms with Crippen molar-refractivity contribution in [3.63, 3.8) is 0 Å². The summed E-state index contributed by atoms with van der Waals surface area (Å²) in [4.78, 5) is 42.5. The second-order valence-electron chi connectivity index (χ2n) is 7.77. The number of benzene rings is 3. The number of amides is 3. The average molecular weight is 456 g/mol. The van der Waals surface area contributed by atoms with Crippen molar-refractivity contribution in [1.82, 2.24) is 14.5 Å². The number of carbonyl (C=O) groups excluding carboxylic acids is 3. The van der Waals surface area contributed by atoms with Crippen LogP contribution in [-0.4, -0.2) is 45.3 Å². The first-order chi connectivity index (χ1) is 16.5. The Morgan fingerprint density at radius 1 is 0.941 bits per heavy atom. The number of nitrogens with one attached hydrogen (secondary N) is 1. The number of rotatable bonds is 8. The third-order valence-corrected chi connectivity index (χ3v) is 5.58. The van der Waals surface area contributed by atoms with Gasteiger partial charge in [0.05, 0.1) is 11.0 Å². The number of fused-ring (bicyclic) bond motifs is 1. The molecule has 3 N–H and O–H groups in total. The van der Waals surface area contributed by atoms with Crippen molar-refractivity contribution < 1.29 is 14.4 Å². The molecule has 4 rings (SSSR count). The molecular weight excluding hydrogens is 430 g/mol. The quantitative estimate of drug-likeness (QED) is 0.423. The van der Waals surface area contributed by atoms with Gasteiger partial charge in [0.15, 0.2) is 0 Å². The van der Waals surface area contributed by atoms with Gasteiger partial charge in [-0.3, -0.25) is 19.0 Å². The van der Waals surface area contributed by atoms with Gasteiger partial charge < -0.3 is 16.0 Å². The molecule has 0 bridgehead atoms. The molecule has 172 valence electrons. The van der Waals surface area contributed by atoms with Crippen LogP contribution < -0.4 is 11.1 Å². The molecule has 34 heavy (non-hydrogen) atoms. The van der Waals surface area contributed by atoms with E-state index in [1.807, 2.05) is 47.9 Å². The Morgan fingerprint density at radius 2 is 1.62 bits per heavy atom. The van der Waals surface area contributed by atoms with Crippen molar-refractivity contribution >= 4 is 34.4 Å². The highest BCUT2D eigenvalue weighted by molar-refractivity contribution is 5.96. The highest BCUT2D eigenvalue weighted by Crippen LogP contribution is 2.19. The molecule has 0 aliphatic heterocycles. The zero-order valence-electron chi connectivity index (χ0n) is 18.8. The summed E-state index contributed by atoms with van der Waals surface area (Å²) in [7, 11) is 0. The van der Waals surface area contributed by atoms with Crippen LogP contribution in [0.3, 0.4) is 0 Å². The lowest BCUT2D eigenvalue weighted by atomic mass is 10.1. The lowest BCUT2D eigenvalue weighted by Gasteiger charge is -2.21. The van der Waals surface area contributed by atoms with Gasteiger partial charge in [0.25, 0.3) is 5.91 Å². The molecular formula is C26H25N5O3. The summed E-state index contributed by atoms with van der Waals surface area (Å²) in [6.07, 6.45) is 1.91. The van der Waals surface area contributed by atoms with Gasteiger partial charge in [0.2, 0.25) is 11.8 Å². The van der Waals surface area contributed by atoms with Crippen molar-refractivity contribution in [2.24, 2.45) is 5.73 Å². The fraction of sp³-hybridized carbons (Fsp3) is 0.154. The maximum atomic E-state index is 13.0. The molecule has 1 aromatic heterocycles. The van der Waals surface area contributed by atoms with Gasteiger partial charge in [-0.15, -0.1) is 0 Å². The summed E-state index contributed by atoms with van der Waals surface area (Å²) in [6.45, 7) is 2.64. The summed E-state index contributed by atoms with van der Waals surface area (Å²) in [6, 6.07) is 21.5. The second-order valence-corrected chi connectivity index (χ2v) is 7.77. The van der Waals surface area contributed by atoms with E-state index in [4.69, 9.17) is 5.73 Å². The number of anilines is 1. The Hall–Kier alpha value is -4.46. The number of hydrogen-bond acceptors (Lipinski definition) is 4. The van der Waals surface area contributed by atoms with Crippen LogP contribution in [0.15, 0.2) is 79.1 Å². The second kappa shape index (κ2) is 9.99. The van der Waals surface area contributed by atoms with Crippen LogP contribution >= 0.6 is 0 Å². The SMILES string of the molecule is CCN(CCC(=O)Nc1ccc(C(N)=O)cc1)C(=O)c1ccc(-n2cnc3ccccc32)cc1. The summed E-state index contributed by atoms with van der Waals surface area (Å²) in [5, 5.41) is 2.77. The van der Waals surface area contributed by atoms with Crippen molar-refractivity contribution in [1.29, 1.82) is 0 Å². The molecule has 0 unspecified atom stereocenters. The number of aromatic nitrogens is 2. The first kappa shape index (κ1) is 22.7. The molecule has 0 spiro atoms. The first-order valence-electron chi connectivity index (χ1n) is 11.0. The topological polar surface area (TPSA) is 110 Å². The number of para-hydroxylation sites is 2. The smallest absolute Gasteiger partial charge is 0.253 e. The fourth-order valence-electron chi connectivity index (χ4n) is 3.69. The molecule has 4 aromatic rings. The Morgan fingerprint density at radius 3 is 2.29 bits per heavy atom. The zero-order valence-corrected chi connectivity index (χ0v) is 18.8. The normalized spacial score (nSPS) is 10.7. The summed E-state index contributed by atoms with van der Waals surface area (Å²) < 4.78 is 1.97. The lowest BCUT2D eigenvalue weighted by Crippen LogP contribution is -2.33. The van der Waals surface area contributed by atoms with Crippen molar-refractivity contribution in [2.45, 2.75) is 13.3 Å². The standard InChI is InChI=1S/C26H25N5O3/c1-2-30(16-15-24(32)29-20-11-7-18(8-12-20)25(27)33)26(34)19-9-13-21(14-10-19)31-17-28-22-5-3-4-6-23(22)31/h3-14,17H,2,15-16H2,1H3,(H2,27,33)(H,29,32). The van der Waals surface area contributed by atoms with Gasteiger partial charge in [-0.1, -0.05) is 12.1 Å². The van der Waals surface area contributed by atoms with E-state index in [0.717, 1.165) is 16.7 Å². The molecule has 0 radical (unpaired) electrons. The van der Waals surface area contributed by atoms with Gasteiger partial charge in [-0.25, -0.2) is 4.98 Å². The number of nitrogens with two attached hydrogens (primary N) is 1. The van der Waals surface area contributed by atoms with E-state index < -0.39 is 5.91 Å². The molecule has 0 aliphatic rings. The van der Waals surface area contributed by atoms with Crippen molar-refractivity contribution in [3.8, 4) is 5.69 Å². The predicted octanol–water partition coefficient (Wildman–Crippen LogP) is 3.62. The molecule has 0 fully saturated rings. The molecule has 0 aliphatic carbocycles. The van der Waals surface area contributed by atoms with E-state index in [-0.39, 0.29) is 24.8 Å². The average Bonchev–Trinajstić information content (AvgIpc) is 3.29. The van der Waals surface area contributed by atoms with E-state index in [0.29, 0.717) is 23.4 Å². The minimum atomic E-state index is -0.526. The Balaban J connectivity index is 1.37. The van der Waals surface area contributed by atoms with Crippen LogP contribution in [0.4, 0.5) is 5.69 Å². The number of imidazole rings is 1. The molecule has 0 atom stereocenters. The van der Waals surface area contributed by atoms with Gasteiger partial charge in [0, 0.05) is 42.0 Å². The molecule has 1 heterocycles. The number of nitrogens with zero attached hydrogens (tertiary/aromatic N) is 3. The van der Waals surface area contributed by atoms with Crippen LogP contribution in [0.2, 0.25) is 0 Å². The highest BCUT2D eigenvalue weighted by atomic mass is 16.2. The number of primary amides is 1. The monoisotopic (exact) mass is 455 g/mol. The Kier molecular flexibility index (Phi) is 6.68. The Labute approximate surface area is 197 Å². The molecule has 8 heteroatoms. The van der Waals surface area contributed by atoms with E-state index in [1.54, 1.807) is 47.6 Å². The fourth-order valence-corrected chi connectivity index (χ4v) is 3.69. The van der Waals surface area contributed by atoms with E-state index >= 15 is 0 Å². The van der Waals surface area contributed by atoms with E-state index in [9.17, 15) is 14.4 Å². The number of carbonyl (C=O) groups is 3. The molecule has 3 aromatic carbocycles.